The average Bonchev–Trinajstić information content (AvgIpc) is 2.14. The lowest BCUT2D eigenvalue weighted by Gasteiger charge is -1.89. The van der Waals surface area contributed by atoms with E-state index in [1.807, 2.05) is 36.4 Å². The molecule has 0 aliphatic rings. The summed E-state index contributed by atoms with van der Waals surface area (Å²) in [5.41, 5.74) is 0.904. The van der Waals surface area contributed by atoms with Crippen LogP contribution in [0.4, 0.5) is 5.69 Å². The Balaban J connectivity index is 2.41. The maximum absolute atomic E-state index is 4.02. The summed E-state index contributed by atoms with van der Waals surface area (Å²) in [4.78, 5) is 0. The minimum atomic E-state index is 0.721. The molecule has 2 nitrogen and oxygen atoms in total. The van der Waals surface area contributed by atoms with Crippen molar-refractivity contribution in [3.05, 3.63) is 43.0 Å². The first-order chi connectivity index (χ1) is 5.93. The number of benzene rings is 1. The second kappa shape index (κ2) is 5.24. The van der Waals surface area contributed by atoms with Gasteiger partial charge in [-0.05, 0) is 18.6 Å². The fourth-order valence-electron chi connectivity index (χ4n) is 0.775. The first-order valence-corrected chi connectivity index (χ1v) is 3.97. The Morgan fingerprint density at radius 1 is 1.25 bits per heavy atom. The Morgan fingerprint density at radius 3 is 2.67 bits per heavy atom. The third kappa shape index (κ3) is 3.10. The first kappa shape index (κ1) is 8.65. The number of nitrogens with zero attached hydrogens (tertiary/aromatic N) is 2. The van der Waals surface area contributed by atoms with Gasteiger partial charge in [0.15, 0.2) is 0 Å². The molecular formula is C10H12N2. The van der Waals surface area contributed by atoms with Gasteiger partial charge in [0, 0.05) is 0 Å². The molecule has 1 aromatic carbocycles. The van der Waals surface area contributed by atoms with Crippen molar-refractivity contribution < 1.29 is 0 Å². The largest absolute Gasteiger partial charge is 0.188 e. The first-order valence-electron chi connectivity index (χ1n) is 3.97. The molecule has 0 aliphatic carbocycles. The Hall–Kier alpha value is -1.44. The molecule has 0 unspecified atom stereocenters. The molecule has 0 amide bonds. The van der Waals surface area contributed by atoms with Crippen molar-refractivity contribution in [1.29, 1.82) is 0 Å². The van der Waals surface area contributed by atoms with Gasteiger partial charge in [-0.3, -0.25) is 0 Å². The number of hydrogen-bond donors (Lipinski definition) is 0. The zero-order chi connectivity index (χ0) is 8.65. The summed E-state index contributed by atoms with van der Waals surface area (Å²) in [7, 11) is 0. The van der Waals surface area contributed by atoms with Crippen LogP contribution in [0.15, 0.2) is 53.2 Å². The fourth-order valence-corrected chi connectivity index (χ4v) is 0.775. The molecule has 0 fully saturated rings. The monoisotopic (exact) mass is 160 g/mol. The molecule has 0 heterocycles. The van der Waals surface area contributed by atoms with Gasteiger partial charge >= 0.3 is 0 Å². The van der Waals surface area contributed by atoms with E-state index in [1.165, 1.54) is 0 Å². The molecule has 0 saturated carbocycles. The van der Waals surface area contributed by atoms with Gasteiger partial charge in [0.05, 0.1) is 12.2 Å². The zero-order valence-electron chi connectivity index (χ0n) is 6.98. The highest BCUT2D eigenvalue weighted by Gasteiger charge is 1.83. The predicted octanol–water partition coefficient (Wildman–Crippen LogP) is 3.35. The van der Waals surface area contributed by atoms with E-state index in [9.17, 15) is 0 Å². The van der Waals surface area contributed by atoms with E-state index in [0.717, 1.165) is 18.7 Å². The SMILES string of the molecule is C=CCCN=Nc1ccccc1. The molecule has 62 valence electrons. The minimum absolute atomic E-state index is 0.721. The second-order valence-corrected chi connectivity index (χ2v) is 2.38. The Morgan fingerprint density at radius 2 is 2.00 bits per heavy atom. The smallest absolute Gasteiger partial charge is 0.0852 e. The van der Waals surface area contributed by atoms with Crippen molar-refractivity contribution in [2.45, 2.75) is 6.42 Å². The summed E-state index contributed by atoms with van der Waals surface area (Å²) in [5, 5.41) is 8.01. The lowest BCUT2D eigenvalue weighted by molar-refractivity contribution is 0.930. The van der Waals surface area contributed by atoms with Gasteiger partial charge in [-0.15, -0.1) is 6.58 Å². The highest BCUT2D eigenvalue weighted by atomic mass is 15.1. The third-order valence-corrected chi connectivity index (χ3v) is 1.38. The van der Waals surface area contributed by atoms with Crippen LogP contribution in [0.1, 0.15) is 6.42 Å². The molecular weight excluding hydrogens is 148 g/mol. The molecule has 0 radical (unpaired) electrons. The highest BCUT2D eigenvalue weighted by molar-refractivity contribution is 5.34. The van der Waals surface area contributed by atoms with Crippen molar-refractivity contribution in [1.82, 2.24) is 0 Å². The van der Waals surface area contributed by atoms with Gasteiger partial charge in [-0.25, -0.2) is 0 Å². The van der Waals surface area contributed by atoms with E-state index in [4.69, 9.17) is 0 Å². The van der Waals surface area contributed by atoms with E-state index < -0.39 is 0 Å². The van der Waals surface area contributed by atoms with E-state index in [1.54, 1.807) is 0 Å². The molecule has 1 aromatic rings. The molecule has 0 spiro atoms. The van der Waals surface area contributed by atoms with Crippen molar-refractivity contribution in [3.8, 4) is 0 Å². The third-order valence-electron chi connectivity index (χ3n) is 1.38. The summed E-state index contributed by atoms with van der Waals surface area (Å²) in [6, 6.07) is 9.71. The average molecular weight is 160 g/mol. The summed E-state index contributed by atoms with van der Waals surface area (Å²) in [5.74, 6) is 0. The van der Waals surface area contributed by atoms with Crippen LogP contribution in [-0.2, 0) is 0 Å². The van der Waals surface area contributed by atoms with E-state index in [0.29, 0.717) is 0 Å². The van der Waals surface area contributed by atoms with Gasteiger partial charge in [0.2, 0.25) is 0 Å². The lowest BCUT2D eigenvalue weighted by atomic mass is 10.3. The van der Waals surface area contributed by atoms with Crippen molar-refractivity contribution in [3.63, 3.8) is 0 Å². The van der Waals surface area contributed by atoms with Crippen molar-refractivity contribution in [2.75, 3.05) is 6.54 Å². The predicted molar refractivity (Wildman–Crippen MR) is 50.6 cm³/mol. The Bertz CT molecular complexity index is 252. The fraction of sp³-hybridized carbons (Fsp3) is 0.200. The van der Waals surface area contributed by atoms with Gasteiger partial charge in [-0.2, -0.15) is 10.2 Å². The molecule has 0 aliphatic heterocycles. The van der Waals surface area contributed by atoms with Crippen LogP contribution in [0, 0.1) is 0 Å². The van der Waals surface area contributed by atoms with Crippen molar-refractivity contribution in [2.24, 2.45) is 10.2 Å². The molecule has 0 atom stereocenters. The van der Waals surface area contributed by atoms with Crippen LogP contribution in [0.5, 0.6) is 0 Å². The quantitative estimate of drug-likeness (QED) is 0.366. The Labute approximate surface area is 72.6 Å². The van der Waals surface area contributed by atoms with Gasteiger partial charge in [-0.1, -0.05) is 24.3 Å². The number of rotatable bonds is 4. The summed E-state index contributed by atoms with van der Waals surface area (Å²) >= 11 is 0. The summed E-state index contributed by atoms with van der Waals surface area (Å²) in [6.45, 7) is 4.32. The minimum Gasteiger partial charge on any atom is -0.188 e. The van der Waals surface area contributed by atoms with E-state index in [-0.39, 0.29) is 0 Å². The van der Waals surface area contributed by atoms with Crippen LogP contribution in [0.25, 0.3) is 0 Å². The van der Waals surface area contributed by atoms with Gasteiger partial charge in [0.25, 0.3) is 0 Å². The number of azo groups is 1. The maximum Gasteiger partial charge on any atom is 0.0852 e. The van der Waals surface area contributed by atoms with E-state index in [2.05, 4.69) is 16.8 Å². The molecule has 2 heteroatoms. The van der Waals surface area contributed by atoms with E-state index >= 15 is 0 Å². The normalized spacial score (nSPS) is 10.3. The molecule has 0 bridgehead atoms. The second-order valence-electron chi connectivity index (χ2n) is 2.38. The highest BCUT2D eigenvalue weighted by Crippen LogP contribution is 2.09. The standard InChI is InChI=1S/C10H12N2/c1-2-3-9-11-12-10-7-5-4-6-8-10/h2,4-8H,1,3,9H2. The van der Waals surface area contributed by atoms with Gasteiger partial charge < -0.3 is 0 Å². The summed E-state index contributed by atoms with van der Waals surface area (Å²) < 4.78 is 0. The van der Waals surface area contributed by atoms with Gasteiger partial charge in [0.1, 0.15) is 0 Å². The van der Waals surface area contributed by atoms with Crippen LogP contribution < -0.4 is 0 Å². The topological polar surface area (TPSA) is 24.7 Å². The van der Waals surface area contributed by atoms with Crippen molar-refractivity contribution >= 4 is 5.69 Å². The number of hydrogen-bond acceptors (Lipinski definition) is 2. The lowest BCUT2D eigenvalue weighted by Crippen LogP contribution is -1.72. The molecule has 0 N–H and O–H groups in total. The summed E-state index contributed by atoms with van der Waals surface area (Å²) in [6.07, 6.45) is 2.72. The van der Waals surface area contributed by atoms with Crippen LogP contribution in [0.2, 0.25) is 0 Å². The molecule has 0 saturated heterocycles. The molecule has 0 aromatic heterocycles. The Kier molecular flexibility index (Phi) is 3.78. The molecule has 12 heavy (non-hydrogen) atoms. The maximum atomic E-state index is 4.02. The van der Waals surface area contributed by atoms with Crippen LogP contribution in [-0.4, -0.2) is 6.54 Å². The zero-order valence-corrected chi connectivity index (χ0v) is 6.98. The molecule has 1 rings (SSSR count). The van der Waals surface area contributed by atoms with Crippen LogP contribution >= 0.6 is 0 Å². The van der Waals surface area contributed by atoms with Crippen LogP contribution in [0.3, 0.4) is 0 Å².